The van der Waals surface area contributed by atoms with Crippen LogP contribution in [0.3, 0.4) is 0 Å². The van der Waals surface area contributed by atoms with E-state index < -0.39 is 0 Å². The molecule has 0 N–H and O–H groups in total. The van der Waals surface area contributed by atoms with Crippen LogP contribution in [0.15, 0.2) is 0 Å². The third-order valence-corrected chi connectivity index (χ3v) is 4.03. The first-order valence-corrected chi connectivity index (χ1v) is 5.57. The lowest BCUT2D eigenvalue weighted by molar-refractivity contribution is 0.787. The molecule has 0 heterocycles. The van der Waals surface area contributed by atoms with Gasteiger partial charge in [0.05, 0.1) is 0 Å². The molecular weight excluding hydrogens is 100 g/mol. The van der Waals surface area contributed by atoms with E-state index in [1.807, 2.05) is 0 Å². The molecule has 1 atom stereocenters. The highest BCUT2D eigenvalue weighted by Gasteiger charge is 2.26. The fraction of sp³-hybridized carbons (Fsp3) is 1.00. The van der Waals surface area contributed by atoms with Crippen LogP contribution in [0.1, 0.15) is 19.8 Å². The molecule has 42 valence electrons. The Bertz CT molecular complexity index is 57.2. The standard InChI is InChI=1S/C6H14Si/c1-5(7-2)6-3-4-6/h5-6H,3-4,7H2,1-2H3. The molecule has 1 unspecified atom stereocenters. The van der Waals surface area contributed by atoms with Crippen LogP contribution in [0.5, 0.6) is 0 Å². The fourth-order valence-corrected chi connectivity index (χ4v) is 2.14. The van der Waals surface area contributed by atoms with Gasteiger partial charge < -0.3 is 0 Å². The number of hydrogen-bond acceptors (Lipinski definition) is 0. The van der Waals surface area contributed by atoms with Gasteiger partial charge in [-0.25, -0.2) is 0 Å². The lowest BCUT2D eigenvalue weighted by Crippen LogP contribution is -1.94. The molecule has 1 aliphatic rings. The summed E-state index contributed by atoms with van der Waals surface area (Å²) in [6.07, 6.45) is 3.09. The lowest BCUT2D eigenvalue weighted by Gasteiger charge is -2.01. The molecule has 1 saturated carbocycles. The van der Waals surface area contributed by atoms with Crippen LogP contribution in [0.4, 0.5) is 0 Å². The van der Waals surface area contributed by atoms with E-state index in [9.17, 15) is 0 Å². The van der Waals surface area contributed by atoms with Crippen molar-refractivity contribution in [3.05, 3.63) is 0 Å². The molecule has 0 aliphatic heterocycles. The Morgan fingerprint density at radius 2 is 2.14 bits per heavy atom. The van der Waals surface area contributed by atoms with Crippen LogP contribution in [0.2, 0.25) is 12.1 Å². The van der Waals surface area contributed by atoms with Crippen LogP contribution in [0, 0.1) is 5.92 Å². The van der Waals surface area contributed by atoms with Crippen LogP contribution < -0.4 is 0 Å². The summed E-state index contributed by atoms with van der Waals surface area (Å²) in [5, 5.41) is 0. The number of hydrogen-bond donors (Lipinski definition) is 0. The Morgan fingerprint density at radius 3 is 2.29 bits per heavy atom. The normalized spacial score (nSPS) is 26.6. The summed E-state index contributed by atoms with van der Waals surface area (Å²) in [5.74, 6) is 1.18. The van der Waals surface area contributed by atoms with Crippen LogP contribution in [0.25, 0.3) is 0 Å². The van der Waals surface area contributed by atoms with Crippen LogP contribution in [-0.2, 0) is 0 Å². The number of rotatable bonds is 2. The minimum absolute atomic E-state index is 0.353. The Kier molecular flexibility index (Phi) is 1.52. The molecule has 0 saturated heterocycles. The van der Waals surface area contributed by atoms with E-state index in [2.05, 4.69) is 13.5 Å². The summed E-state index contributed by atoms with van der Waals surface area (Å²) in [6, 6.07) is 0. The summed E-state index contributed by atoms with van der Waals surface area (Å²) < 4.78 is 0. The topological polar surface area (TPSA) is 0 Å². The fourth-order valence-electron chi connectivity index (χ4n) is 0.999. The molecule has 1 fully saturated rings. The van der Waals surface area contributed by atoms with Gasteiger partial charge in [0.1, 0.15) is 0 Å². The molecule has 0 spiro atoms. The van der Waals surface area contributed by atoms with Gasteiger partial charge in [-0.15, -0.1) is 0 Å². The van der Waals surface area contributed by atoms with E-state index in [1.54, 1.807) is 12.8 Å². The predicted molar refractivity (Wildman–Crippen MR) is 36.6 cm³/mol. The summed E-state index contributed by atoms with van der Waals surface area (Å²) in [7, 11) is 0.353. The van der Waals surface area contributed by atoms with Gasteiger partial charge in [-0.2, -0.15) is 0 Å². The maximum Gasteiger partial charge on any atom is 0.0201 e. The highest BCUT2D eigenvalue weighted by atomic mass is 28.2. The maximum absolute atomic E-state index is 2.42. The SMILES string of the molecule is C[SiH2]C(C)C1CC1. The first kappa shape index (κ1) is 5.36. The van der Waals surface area contributed by atoms with Crippen molar-refractivity contribution in [2.45, 2.75) is 31.9 Å². The average molecular weight is 114 g/mol. The Balaban J connectivity index is 2.10. The molecule has 0 amide bonds. The van der Waals surface area contributed by atoms with E-state index in [1.165, 1.54) is 5.92 Å². The van der Waals surface area contributed by atoms with Gasteiger partial charge in [-0.05, 0) is 5.92 Å². The minimum Gasteiger partial charge on any atom is -0.0746 e. The van der Waals surface area contributed by atoms with Crippen molar-refractivity contribution < 1.29 is 0 Å². The largest absolute Gasteiger partial charge is 0.0746 e. The van der Waals surface area contributed by atoms with Crippen LogP contribution in [-0.4, -0.2) is 9.52 Å². The van der Waals surface area contributed by atoms with Crippen molar-refractivity contribution in [2.24, 2.45) is 5.92 Å². The smallest absolute Gasteiger partial charge is 0.0201 e. The zero-order valence-corrected chi connectivity index (χ0v) is 6.69. The van der Waals surface area contributed by atoms with E-state index in [4.69, 9.17) is 0 Å². The first-order chi connectivity index (χ1) is 3.34. The Labute approximate surface area is 48.1 Å². The molecule has 0 radical (unpaired) electrons. The molecule has 0 bridgehead atoms. The second kappa shape index (κ2) is 1.99. The van der Waals surface area contributed by atoms with Gasteiger partial charge in [0.25, 0.3) is 0 Å². The van der Waals surface area contributed by atoms with E-state index in [-0.39, 0.29) is 0 Å². The predicted octanol–water partition coefficient (Wildman–Crippen LogP) is 1.42. The molecule has 0 aromatic heterocycles. The van der Waals surface area contributed by atoms with E-state index in [0.29, 0.717) is 9.52 Å². The molecule has 0 aromatic carbocycles. The molecule has 1 rings (SSSR count). The van der Waals surface area contributed by atoms with E-state index >= 15 is 0 Å². The van der Waals surface area contributed by atoms with Crippen molar-refractivity contribution >= 4 is 9.52 Å². The first-order valence-electron chi connectivity index (χ1n) is 3.34. The van der Waals surface area contributed by atoms with Crippen molar-refractivity contribution in [2.75, 3.05) is 0 Å². The zero-order chi connectivity index (χ0) is 5.28. The second-order valence-electron chi connectivity index (χ2n) is 2.72. The third-order valence-electron chi connectivity index (χ3n) is 2.07. The van der Waals surface area contributed by atoms with Crippen molar-refractivity contribution in [3.8, 4) is 0 Å². The van der Waals surface area contributed by atoms with Crippen molar-refractivity contribution in [1.82, 2.24) is 0 Å². The average Bonchev–Trinajstić information content (AvgIpc) is 2.44. The summed E-state index contributed by atoms with van der Waals surface area (Å²) in [4.78, 5) is 0. The lowest BCUT2D eigenvalue weighted by atomic mass is 10.3. The third kappa shape index (κ3) is 1.30. The van der Waals surface area contributed by atoms with Gasteiger partial charge >= 0.3 is 0 Å². The molecule has 1 aliphatic carbocycles. The van der Waals surface area contributed by atoms with Gasteiger partial charge in [-0.3, -0.25) is 0 Å². The highest BCUT2D eigenvalue weighted by molar-refractivity contribution is 6.35. The summed E-state index contributed by atoms with van der Waals surface area (Å²) in [5.41, 5.74) is 1.15. The molecular formula is C6H14Si. The van der Waals surface area contributed by atoms with Crippen molar-refractivity contribution in [3.63, 3.8) is 0 Å². The quantitative estimate of drug-likeness (QED) is 0.476. The monoisotopic (exact) mass is 114 g/mol. The molecule has 7 heavy (non-hydrogen) atoms. The minimum atomic E-state index is 0.353. The Hall–Kier alpha value is 0.217. The highest BCUT2D eigenvalue weighted by Crippen LogP contribution is 2.39. The summed E-state index contributed by atoms with van der Waals surface area (Å²) in [6.45, 7) is 4.84. The van der Waals surface area contributed by atoms with E-state index in [0.717, 1.165) is 5.54 Å². The summed E-state index contributed by atoms with van der Waals surface area (Å²) >= 11 is 0. The molecule has 0 nitrogen and oxygen atoms in total. The Morgan fingerprint density at radius 1 is 1.57 bits per heavy atom. The second-order valence-corrected chi connectivity index (χ2v) is 4.83. The van der Waals surface area contributed by atoms with Crippen LogP contribution >= 0.6 is 0 Å². The maximum atomic E-state index is 2.42. The van der Waals surface area contributed by atoms with Crippen molar-refractivity contribution in [1.29, 1.82) is 0 Å². The zero-order valence-electron chi connectivity index (χ0n) is 5.28. The molecule has 0 aromatic rings. The van der Waals surface area contributed by atoms with Gasteiger partial charge in [0.2, 0.25) is 0 Å². The van der Waals surface area contributed by atoms with Gasteiger partial charge in [0, 0.05) is 9.52 Å². The van der Waals surface area contributed by atoms with Gasteiger partial charge in [0.15, 0.2) is 0 Å². The van der Waals surface area contributed by atoms with Gasteiger partial charge in [-0.1, -0.05) is 31.9 Å². The molecule has 1 heteroatoms.